The quantitative estimate of drug-likeness (QED) is 0.886. The molecule has 2 aromatic rings. The van der Waals surface area contributed by atoms with Gasteiger partial charge in [-0.3, -0.25) is 4.57 Å². The van der Waals surface area contributed by atoms with E-state index in [0.717, 1.165) is 23.3 Å². The van der Waals surface area contributed by atoms with Gasteiger partial charge in [-0.1, -0.05) is 17.7 Å². The van der Waals surface area contributed by atoms with Crippen molar-refractivity contribution in [2.75, 3.05) is 0 Å². The van der Waals surface area contributed by atoms with Crippen molar-refractivity contribution < 1.29 is 0 Å². The van der Waals surface area contributed by atoms with Crippen LogP contribution in [0.5, 0.6) is 0 Å². The van der Waals surface area contributed by atoms with E-state index in [-0.39, 0.29) is 17.8 Å². The van der Waals surface area contributed by atoms with Gasteiger partial charge in [0.15, 0.2) is 5.16 Å². The summed E-state index contributed by atoms with van der Waals surface area (Å²) in [5.41, 5.74) is 6.77. The van der Waals surface area contributed by atoms with Gasteiger partial charge in [0.1, 0.15) is 0 Å². The van der Waals surface area contributed by atoms with Gasteiger partial charge in [0.05, 0.1) is 0 Å². The lowest BCUT2D eigenvalue weighted by Crippen LogP contribution is -2.18. The van der Waals surface area contributed by atoms with Gasteiger partial charge >= 0.3 is 5.69 Å². The SMILES string of the molecule is CC(N)Cc1c(Cl)cccc1Sc1n[nH]c(=O)n1C1CC1. The number of nitrogens with one attached hydrogen (secondary N) is 1. The van der Waals surface area contributed by atoms with Crippen LogP contribution in [0, 0.1) is 0 Å². The van der Waals surface area contributed by atoms with E-state index in [1.54, 1.807) is 4.57 Å². The smallest absolute Gasteiger partial charge is 0.328 e. The molecule has 112 valence electrons. The summed E-state index contributed by atoms with van der Waals surface area (Å²) in [4.78, 5) is 12.8. The third-order valence-electron chi connectivity index (χ3n) is 3.39. The molecule has 3 rings (SSSR count). The second kappa shape index (κ2) is 5.87. The van der Waals surface area contributed by atoms with E-state index in [1.165, 1.54) is 11.8 Å². The minimum atomic E-state index is -0.143. The number of aromatic nitrogens is 3. The summed E-state index contributed by atoms with van der Waals surface area (Å²) in [5.74, 6) is 0. The Morgan fingerprint density at radius 2 is 2.33 bits per heavy atom. The first-order valence-electron chi connectivity index (χ1n) is 6.94. The molecule has 1 saturated carbocycles. The summed E-state index contributed by atoms with van der Waals surface area (Å²) in [6, 6.07) is 6.07. The van der Waals surface area contributed by atoms with E-state index in [4.69, 9.17) is 17.3 Å². The van der Waals surface area contributed by atoms with Gasteiger partial charge < -0.3 is 5.73 Å². The summed E-state index contributed by atoms with van der Waals surface area (Å²) in [6.45, 7) is 1.95. The van der Waals surface area contributed by atoms with Crippen molar-refractivity contribution in [3.8, 4) is 0 Å². The molecule has 5 nitrogen and oxygen atoms in total. The molecule has 0 radical (unpaired) electrons. The summed E-state index contributed by atoms with van der Waals surface area (Å²) < 4.78 is 1.74. The number of H-pyrrole nitrogens is 1. The predicted octanol–water partition coefficient (Wildman–Crippen LogP) is 2.60. The molecule has 0 aliphatic heterocycles. The Balaban J connectivity index is 1.95. The van der Waals surface area contributed by atoms with Crippen molar-refractivity contribution in [2.45, 2.75) is 48.3 Å². The Bertz CT molecular complexity index is 705. The average Bonchev–Trinajstić information content (AvgIpc) is 3.19. The predicted molar refractivity (Wildman–Crippen MR) is 84.0 cm³/mol. The molecule has 1 unspecified atom stereocenters. The topological polar surface area (TPSA) is 76.7 Å². The van der Waals surface area contributed by atoms with Gasteiger partial charge in [-0.2, -0.15) is 0 Å². The molecular formula is C14H17ClN4OS. The fraction of sp³-hybridized carbons (Fsp3) is 0.429. The third-order valence-corrected chi connectivity index (χ3v) is 4.81. The molecule has 1 aliphatic rings. The van der Waals surface area contributed by atoms with Crippen molar-refractivity contribution in [1.29, 1.82) is 0 Å². The molecule has 3 N–H and O–H groups in total. The Hall–Kier alpha value is -1.24. The summed E-state index contributed by atoms with van der Waals surface area (Å²) in [7, 11) is 0. The Labute approximate surface area is 131 Å². The van der Waals surface area contributed by atoms with Gasteiger partial charge in [0, 0.05) is 22.0 Å². The normalized spacial score (nSPS) is 16.1. The monoisotopic (exact) mass is 324 g/mol. The first-order chi connectivity index (χ1) is 10.1. The lowest BCUT2D eigenvalue weighted by Gasteiger charge is -2.13. The maximum atomic E-state index is 11.8. The van der Waals surface area contributed by atoms with Crippen molar-refractivity contribution in [3.05, 3.63) is 39.3 Å². The molecule has 21 heavy (non-hydrogen) atoms. The van der Waals surface area contributed by atoms with Crippen LogP contribution < -0.4 is 11.4 Å². The number of halogens is 1. The Kier molecular flexibility index (Phi) is 4.10. The summed E-state index contributed by atoms with van der Waals surface area (Å²) in [6.07, 6.45) is 2.77. The lowest BCUT2D eigenvalue weighted by molar-refractivity contribution is 0.642. The average molecular weight is 325 g/mol. The summed E-state index contributed by atoms with van der Waals surface area (Å²) >= 11 is 7.76. The molecule has 0 saturated heterocycles. The van der Waals surface area contributed by atoms with Crippen molar-refractivity contribution >= 4 is 23.4 Å². The van der Waals surface area contributed by atoms with Crippen molar-refractivity contribution in [3.63, 3.8) is 0 Å². The van der Waals surface area contributed by atoms with E-state index in [2.05, 4.69) is 10.2 Å². The van der Waals surface area contributed by atoms with Gasteiger partial charge in [0.2, 0.25) is 0 Å². The molecule has 7 heteroatoms. The number of aromatic amines is 1. The van der Waals surface area contributed by atoms with Crippen LogP contribution in [-0.4, -0.2) is 20.8 Å². The molecule has 1 aliphatic carbocycles. The molecule has 0 spiro atoms. The fourth-order valence-electron chi connectivity index (χ4n) is 2.27. The number of benzene rings is 1. The van der Waals surface area contributed by atoms with E-state index < -0.39 is 0 Å². The minimum absolute atomic E-state index is 0.0223. The van der Waals surface area contributed by atoms with Gasteiger partial charge in [-0.05, 0) is 55.6 Å². The van der Waals surface area contributed by atoms with Crippen LogP contribution >= 0.6 is 23.4 Å². The zero-order valence-corrected chi connectivity index (χ0v) is 13.2. The first-order valence-corrected chi connectivity index (χ1v) is 8.13. The number of nitrogens with two attached hydrogens (primary N) is 1. The maximum absolute atomic E-state index is 11.8. The highest BCUT2D eigenvalue weighted by molar-refractivity contribution is 7.99. The van der Waals surface area contributed by atoms with Crippen LogP contribution in [0.25, 0.3) is 0 Å². The lowest BCUT2D eigenvalue weighted by atomic mass is 10.1. The number of rotatable bonds is 5. The van der Waals surface area contributed by atoms with Crippen LogP contribution in [0.15, 0.2) is 33.0 Å². The Morgan fingerprint density at radius 3 is 3.00 bits per heavy atom. The highest BCUT2D eigenvalue weighted by atomic mass is 35.5. The molecule has 1 heterocycles. The summed E-state index contributed by atoms with van der Waals surface area (Å²) in [5, 5.41) is 8.06. The number of hydrogen-bond acceptors (Lipinski definition) is 4. The van der Waals surface area contributed by atoms with E-state index in [9.17, 15) is 4.79 Å². The van der Waals surface area contributed by atoms with Gasteiger partial charge in [-0.15, -0.1) is 5.10 Å². The van der Waals surface area contributed by atoms with Crippen LogP contribution in [0.3, 0.4) is 0 Å². The van der Waals surface area contributed by atoms with Crippen molar-refractivity contribution in [1.82, 2.24) is 14.8 Å². The highest BCUT2D eigenvalue weighted by Gasteiger charge is 2.29. The van der Waals surface area contributed by atoms with Crippen LogP contribution in [0.1, 0.15) is 31.4 Å². The molecule has 1 aromatic carbocycles. The van der Waals surface area contributed by atoms with Crippen molar-refractivity contribution in [2.24, 2.45) is 5.73 Å². The number of hydrogen-bond donors (Lipinski definition) is 2. The molecule has 0 bridgehead atoms. The second-order valence-electron chi connectivity index (χ2n) is 5.41. The second-order valence-corrected chi connectivity index (χ2v) is 6.83. The Morgan fingerprint density at radius 1 is 1.57 bits per heavy atom. The third kappa shape index (κ3) is 3.17. The molecule has 1 fully saturated rings. The molecular weight excluding hydrogens is 308 g/mol. The van der Waals surface area contributed by atoms with E-state index >= 15 is 0 Å². The van der Waals surface area contributed by atoms with E-state index in [0.29, 0.717) is 16.6 Å². The number of nitrogens with zero attached hydrogens (tertiary/aromatic N) is 2. The van der Waals surface area contributed by atoms with E-state index in [1.807, 2.05) is 25.1 Å². The molecule has 1 atom stereocenters. The standard InChI is InChI=1S/C14H17ClN4OS/c1-8(16)7-10-11(15)3-2-4-12(10)21-14-18-17-13(20)19(14)9-5-6-9/h2-4,8-9H,5-7,16H2,1H3,(H,17,20). The molecule has 1 aromatic heterocycles. The van der Waals surface area contributed by atoms with Crippen LogP contribution in [-0.2, 0) is 6.42 Å². The maximum Gasteiger partial charge on any atom is 0.344 e. The van der Waals surface area contributed by atoms with Gasteiger partial charge in [-0.25, -0.2) is 9.89 Å². The van der Waals surface area contributed by atoms with Gasteiger partial charge in [0.25, 0.3) is 0 Å². The van der Waals surface area contributed by atoms with Crippen LogP contribution in [0.2, 0.25) is 5.02 Å². The fourth-order valence-corrected chi connectivity index (χ4v) is 3.66. The zero-order valence-electron chi connectivity index (χ0n) is 11.7. The highest BCUT2D eigenvalue weighted by Crippen LogP contribution is 2.39. The minimum Gasteiger partial charge on any atom is -0.328 e. The zero-order chi connectivity index (χ0) is 15.0. The first kappa shape index (κ1) is 14.7. The van der Waals surface area contributed by atoms with Crippen LogP contribution in [0.4, 0.5) is 0 Å². The largest absolute Gasteiger partial charge is 0.344 e. The molecule has 0 amide bonds.